The number of carboxylic acids is 1. The van der Waals surface area contributed by atoms with E-state index in [1.807, 2.05) is 6.92 Å². The lowest BCUT2D eigenvalue weighted by molar-refractivity contribution is -0.145. The Hall–Kier alpha value is -2.18. The molecule has 0 aliphatic heterocycles. The summed E-state index contributed by atoms with van der Waals surface area (Å²) in [6.07, 6.45) is 0. The van der Waals surface area contributed by atoms with Gasteiger partial charge < -0.3 is 10.2 Å². The second-order valence-corrected chi connectivity index (χ2v) is 8.24. The summed E-state index contributed by atoms with van der Waals surface area (Å²) in [6, 6.07) is 14.9. The third kappa shape index (κ3) is 2.34. The van der Waals surface area contributed by atoms with Crippen LogP contribution in [0, 0.1) is 12.3 Å². The number of aryl methyl sites for hydroxylation is 1. The molecule has 1 fully saturated rings. The summed E-state index contributed by atoms with van der Waals surface area (Å²) >= 11 is 0. The largest absolute Gasteiger partial charge is 0.481 e. The van der Waals surface area contributed by atoms with Crippen molar-refractivity contribution in [2.75, 3.05) is 6.61 Å². The molecule has 6 heteroatoms. The Labute approximate surface area is 140 Å². The Morgan fingerprint density at radius 3 is 2.17 bits per heavy atom. The third-order valence-corrected chi connectivity index (χ3v) is 7.05. The molecule has 3 rings (SSSR count). The lowest BCUT2D eigenvalue weighted by Gasteiger charge is -2.09. The van der Waals surface area contributed by atoms with Crippen LogP contribution in [0.1, 0.15) is 17.0 Å². The fraction of sp³-hybridized carbons (Fsp3) is 0.278. The molecule has 2 aromatic rings. The highest BCUT2D eigenvalue weighted by molar-refractivity contribution is 7.92. The molecule has 5 nitrogen and oxygen atoms in total. The van der Waals surface area contributed by atoms with Crippen LogP contribution < -0.4 is 0 Å². The average Bonchev–Trinajstić information content (AvgIpc) is 3.28. The topological polar surface area (TPSA) is 91.7 Å². The summed E-state index contributed by atoms with van der Waals surface area (Å²) in [5.74, 6) is -2.06. The van der Waals surface area contributed by atoms with Gasteiger partial charge in [0, 0.05) is 5.92 Å². The fourth-order valence-corrected chi connectivity index (χ4v) is 5.74. The number of hydrogen-bond acceptors (Lipinski definition) is 4. The van der Waals surface area contributed by atoms with Crippen LogP contribution in [0.25, 0.3) is 0 Å². The number of benzene rings is 2. The molecule has 1 aliphatic carbocycles. The summed E-state index contributed by atoms with van der Waals surface area (Å²) < 4.78 is 26.0. The van der Waals surface area contributed by atoms with Crippen molar-refractivity contribution in [3.63, 3.8) is 0 Å². The maximum Gasteiger partial charge on any atom is 0.314 e. The SMILES string of the molecule is Cc1ccc(S(=O)(=O)[C@@H]2[C@@H](c3ccccc3)[C@@]2(CO)C(=O)O)cc1. The lowest BCUT2D eigenvalue weighted by atomic mass is 10.0. The smallest absolute Gasteiger partial charge is 0.314 e. The minimum absolute atomic E-state index is 0.0793. The molecule has 0 unspecified atom stereocenters. The molecule has 2 N–H and O–H groups in total. The predicted molar refractivity (Wildman–Crippen MR) is 88.5 cm³/mol. The average molecular weight is 346 g/mol. The molecular weight excluding hydrogens is 328 g/mol. The molecule has 0 heterocycles. The van der Waals surface area contributed by atoms with Crippen molar-refractivity contribution < 1.29 is 23.4 Å². The van der Waals surface area contributed by atoms with Crippen molar-refractivity contribution in [1.82, 2.24) is 0 Å². The maximum absolute atomic E-state index is 13.0. The molecule has 0 amide bonds. The monoisotopic (exact) mass is 346 g/mol. The fourth-order valence-electron chi connectivity index (χ4n) is 3.38. The molecule has 3 atom stereocenters. The molecule has 1 saturated carbocycles. The Balaban J connectivity index is 2.11. The van der Waals surface area contributed by atoms with Crippen molar-refractivity contribution in [3.8, 4) is 0 Å². The van der Waals surface area contributed by atoms with Gasteiger partial charge in [-0.15, -0.1) is 0 Å². The first kappa shape index (κ1) is 16.7. The van der Waals surface area contributed by atoms with Crippen LogP contribution in [0.4, 0.5) is 0 Å². The van der Waals surface area contributed by atoms with Gasteiger partial charge in [0.15, 0.2) is 9.84 Å². The van der Waals surface area contributed by atoms with Crippen molar-refractivity contribution in [1.29, 1.82) is 0 Å². The van der Waals surface area contributed by atoms with Crippen LogP contribution in [0.15, 0.2) is 59.5 Å². The quantitative estimate of drug-likeness (QED) is 0.864. The standard InChI is InChI=1S/C18H18O5S/c1-12-7-9-14(10-8-12)24(22,23)16-15(13-5-3-2-4-6-13)18(16,11-19)17(20)21/h2-10,15-16,19H,11H2,1H3,(H,20,21)/t15-,16-,18-/m1/s1. The summed E-state index contributed by atoms with van der Waals surface area (Å²) in [4.78, 5) is 11.9. The van der Waals surface area contributed by atoms with Crippen LogP contribution in [0.3, 0.4) is 0 Å². The van der Waals surface area contributed by atoms with Crippen LogP contribution in [-0.4, -0.2) is 36.5 Å². The van der Waals surface area contributed by atoms with E-state index in [1.54, 1.807) is 42.5 Å². The van der Waals surface area contributed by atoms with Crippen molar-refractivity contribution in [2.45, 2.75) is 23.0 Å². The first-order valence-electron chi connectivity index (χ1n) is 7.55. The van der Waals surface area contributed by atoms with Crippen LogP contribution in [0.2, 0.25) is 0 Å². The summed E-state index contributed by atoms with van der Waals surface area (Å²) in [7, 11) is -3.89. The van der Waals surface area contributed by atoms with Crippen molar-refractivity contribution >= 4 is 15.8 Å². The molecule has 24 heavy (non-hydrogen) atoms. The molecular formula is C18H18O5S. The molecule has 126 valence electrons. The molecule has 2 aromatic carbocycles. The Morgan fingerprint density at radius 2 is 1.67 bits per heavy atom. The molecule has 0 bridgehead atoms. The molecule has 0 aromatic heterocycles. The minimum Gasteiger partial charge on any atom is -0.481 e. The number of carbonyl (C=O) groups is 1. The van der Waals surface area contributed by atoms with Gasteiger partial charge in [0.1, 0.15) is 5.41 Å². The van der Waals surface area contributed by atoms with E-state index in [1.165, 1.54) is 12.1 Å². The van der Waals surface area contributed by atoms with Crippen LogP contribution >= 0.6 is 0 Å². The van der Waals surface area contributed by atoms with Crippen molar-refractivity contribution in [2.24, 2.45) is 5.41 Å². The molecule has 0 saturated heterocycles. The molecule has 0 spiro atoms. The van der Waals surface area contributed by atoms with E-state index >= 15 is 0 Å². The van der Waals surface area contributed by atoms with E-state index in [2.05, 4.69) is 0 Å². The van der Waals surface area contributed by atoms with E-state index in [0.29, 0.717) is 5.56 Å². The summed E-state index contributed by atoms with van der Waals surface area (Å²) in [5.41, 5.74) is -0.184. The highest BCUT2D eigenvalue weighted by Crippen LogP contribution is 2.63. The second-order valence-electron chi connectivity index (χ2n) is 6.17. The predicted octanol–water partition coefficient (Wildman–Crippen LogP) is 2.00. The zero-order valence-electron chi connectivity index (χ0n) is 13.1. The van der Waals surface area contributed by atoms with Gasteiger partial charge in [0.05, 0.1) is 16.8 Å². The van der Waals surface area contributed by atoms with Gasteiger partial charge in [0.2, 0.25) is 0 Å². The van der Waals surface area contributed by atoms with Gasteiger partial charge in [-0.3, -0.25) is 4.79 Å². The number of carboxylic acid groups (broad SMARTS) is 1. The van der Waals surface area contributed by atoms with E-state index in [4.69, 9.17) is 0 Å². The Kier molecular flexibility index (Phi) is 3.97. The van der Waals surface area contributed by atoms with Gasteiger partial charge in [-0.25, -0.2) is 8.42 Å². The number of aliphatic hydroxyl groups excluding tert-OH is 1. The minimum atomic E-state index is -3.89. The highest BCUT2D eigenvalue weighted by Gasteiger charge is 2.75. The zero-order valence-corrected chi connectivity index (χ0v) is 13.9. The molecule has 0 radical (unpaired) electrons. The number of hydrogen-bond donors (Lipinski definition) is 2. The number of aliphatic carboxylic acids is 1. The van der Waals surface area contributed by atoms with Gasteiger partial charge in [-0.2, -0.15) is 0 Å². The number of sulfone groups is 1. The van der Waals surface area contributed by atoms with Gasteiger partial charge in [0.25, 0.3) is 0 Å². The van der Waals surface area contributed by atoms with E-state index in [9.17, 15) is 23.4 Å². The van der Waals surface area contributed by atoms with Gasteiger partial charge >= 0.3 is 5.97 Å². The van der Waals surface area contributed by atoms with Crippen LogP contribution in [-0.2, 0) is 14.6 Å². The highest BCUT2D eigenvalue weighted by atomic mass is 32.2. The summed E-state index contributed by atoms with van der Waals surface area (Å²) in [5, 5.41) is 18.2. The second kappa shape index (κ2) is 5.72. The first-order chi connectivity index (χ1) is 11.4. The molecule has 1 aliphatic rings. The van der Waals surface area contributed by atoms with E-state index in [0.717, 1.165) is 5.56 Å². The third-order valence-electron chi connectivity index (χ3n) is 4.76. The maximum atomic E-state index is 13.0. The zero-order chi connectivity index (χ0) is 17.5. The first-order valence-corrected chi connectivity index (χ1v) is 9.10. The number of aliphatic hydroxyl groups is 1. The van der Waals surface area contributed by atoms with Crippen LogP contribution in [0.5, 0.6) is 0 Å². The normalized spacial score (nSPS) is 26.1. The van der Waals surface area contributed by atoms with E-state index in [-0.39, 0.29) is 4.90 Å². The Morgan fingerprint density at radius 1 is 1.08 bits per heavy atom. The lowest BCUT2D eigenvalue weighted by Crippen LogP contribution is -2.27. The number of rotatable bonds is 5. The van der Waals surface area contributed by atoms with Crippen molar-refractivity contribution in [3.05, 3.63) is 65.7 Å². The Bertz CT molecular complexity index is 858. The van der Waals surface area contributed by atoms with Gasteiger partial charge in [-0.1, -0.05) is 48.0 Å². The van der Waals surface area contributed by atoms with Gasteiger partial charge in [-0.05, 0) is 24.6 Å². The van der Waals surface area contributed by atoms with E-state index < -0.39 is 39.0 Å². The summed E-state index contributed by atoms with van der Waals surface area (Å²) in [6.45, 7) is 1.12.